The Bertz CT molecular complexity index is 1120. The quantitative estimate of drug-likeness (QED) is 0.572. The lowest BCUT2D eigenvalue weighted by Crippen LogP contribution is -2.44. The smallest absolute Gasteiger partial charge is 0.180 e. The Labute approximate surface area is 168 Å². The highest BCUT2D eigenvalue weighted by atomic mass is 15.3. The first-order valence-corrected chi connectivity index (χ1v) is 9.65. The lowest BCUT2D eigenvalue weighted by molar-refractivity contribution is 0.312. The first kappa shape index (κ1) is 17.6. The minimum Gasteiger partial charge on any atom is -0.354 e. The third kappa shape index (κ3) is 3.40. The van der Waals surface area contributed by atoms with Gasteiger partial charge in [-0.1, -0.05) is 0 Å². The van der Waals surface area contributed by atoms with Gasteiger partial charge < -0.3 is 15.1 Å². The van der Waals surface area contributed by atoms with Crippen molar-refractivity contribution in [3.8, 4) is 11.3 Å². The molecule has 0 aromatic carbocycles. The zero-order valence-corrected chi connectivity index (χ0v) is 16.5. The summed E-state index contributed by atoms with van der Waals surface area (Å²) in [5, 5.41) is 7.60. The van der Waals surface area contributed by atoms with Crippen LogP contribution in [0.3, 0.4) is 0 Å². The molecule has 4 aromatic rings. The SMILES string of the molecule is CN1CCN(c2ccc(Nc3nccn4c(-c5cnn(C)c5)cnc34)cn2)CC1. The fourth-order valence-corrected chi connectivity index (χ4v) is 3.59. The maximum Gasteiger partial charge on any atom is 0.180 e. The minimum atomic E-state index is 0.691. The van der Waals surface area contributed by atoms with Crippen LogP contribution in [0, 0.1) is 0 Å². The molecular formula is C20H23N9. The highest BCUT2D eigenvalue weighted by Crippen LogP contribution is 2.25. The minimum absolute atomic E-state index is 0.691. The van der Waals surface area contributed by atoms with Crippen molar-refractivity contribution in [3.05, 3.63) is 49.3 Å². The van der Waals surface area contributed by atoms with Crippen molar-refractivity contribution in [2.75, 3.05) is 43.4 Å². The van der Waals surface area contributed by atoms with Crippen LogP contribution in [-0.4, -0.2) is 67.3 Å². The van der Waals surface area contributed by atoms with Gasteiger partial charge in [-0.05, 0) is 19.2 Å². The molecule has 0 spiro atoms. The number of imidazole rings is 1. The molecule has 0 bridgehead atoms. The maximum atomic E-state index is 4.64. The van der Waals surface area contributed by atoms with Crippen LogP contribution in [0.4, 0.5) is 17.3 Å². The normalized spacial score (nSPS) is 15.2. The van der Waals surface area contributed by atoms with E-state index in [0.717, 1.165) is 54.6 Å². The number of aryl methyl sites for hydroxylation is 1. The molecular weight excluding hydrogens is 366 g/mol. The van der Waals surface area contributed by atoms with Gasteiger partial charge in [0.15, 0.2) is 11.5 Å². The standard InChI is InChI=1S/C20H23N9/c1-26-7-9-28(10-8-26)18-4-3-16(12-22-18)25-19-20-23-13-17(29(20)6-5-21-19)15-11-24-27(2)14-15/h3-6,11-14H,7-10H2,1-2H3,(H,21,25). The summed E-state index contributed by atoms with van der Waals surface area (Å²) in [4.78, 5) is 18.3. The summed E-state index contributed by atoms with van der Waals surface area (Å²) in [6.07, 6.45) is 11.2. The van der Waals surface area contributed by atoms with E-state index in [4.69, 9.17) is 0 Å². The van der Waals surface area contributed by atoms with E-state index in [9.17, 15) is 0 Å². The topological polar surface area (TPSA) is 79.4 Å². The summed E-state index contributed by atoms with van der Waals surface area (Å²) < 4.78 is 3.79. The van der Waals surface area contributed by atoms with Crippen LogP contribution in [0.15, 0.2) is 49.3 Å². The largest absolute Gasteiger partial charge is 0.354 e. The molecule has 9 nitrogen and oxygen atoms in total. The van der Waals surface area contributed by atoms with Gasteiger partial charge in [0.25, 0.3) is 0 Å². The lowest BCUT2D eigenvalue weighted by atomic mass is 10.3. The average molecular weight is 389 g/mol. The van der Waals surface area contributed by atoms with Crippen LogP contribution >= 0.6 is 0 Å². The fraction of sp³-hybridized carbons (Fsp3) is 0.300. The second-order valence-corrected chi connectivity index (χ2v) is 7.34. The van der Waals surface area contributed by atoms with Crippen molar-refractivity contribution in [2.45, 2.75) is 0 Å². The zero-order chi connectivity index (χ0) is 19.8. The molecule has 29 heavy (non-hydrogen) atoms. The van der Waals surface area contributed by atoms with Gasteiger partial charge in [0.1, 0.15) is 5.82 Å². The van der Waals surface area contributed by atoms with Gasteiger partial charge in [0.2, 0.25) is 0 Å². The van der Waals surface area contributed by atoms with Crippen LogP contribution in [-0.2, 0) is 7.05 Å². The van der Waals surface area contributed by atoms with E-state index in [-0.39, 0.29) is 0 Å². The fourth-order valence-electron chi connectivity index (χ4n) is 3.59. The van der Waals surface area contributed by atoms with Gasteiger partial charge in [-0.3, -0.25) is 9.08 Å². The van der Waals surface area contributed by atoms with Crippen molar-refractivity contribution in [3.63, 3.8) is 0 Å². The maximum absolute atomic E-state index is 4.64. The molecule has 0 aliphatic carbocycles. The van der Waals surface area contributed by atoms with Crippen molar-refractivity contribution in [1.29, 1.82) is 0 Å². The van der Waals surface area contributed by atoms with Crippen molar-refractivity contribution >= 4 is 23.0 Å². The van der Waals surface area contributed by atoms with Gasteiger partial charge >= 0.3 is 0 Å². The summed E-state index contributed by atoms with van der Waals surface area (Å²) in [7, 11) is 4.06. The number of hydrogen-bond acceptors (Lipinski definition) is 7. The summed E-state index contributed by atoms with van der Waals surface area (Å²) >= 11 is 0. The van der Waals surface area contributed by atoms with E-state index in [1.807, 2.05) is 48.5 Å². The number of nitrogens with one attached hydrogen (secondary N) is 1. The first-order valence-electron chi connectivity index (χ1n) is 9.65. The Morgan fingerprint density at radius 2 is 1.79 bits per heavy atom. The molecule has 1 saturated heterocycles. The molecule has 0 radical (unpaired) electrons. The zero-order valence-electron chi connectivity index (χ0n) is 16.5. The number of fused-ring (bicyclic) bond motifs is 1. The number of piperazine rings is 1. The Balaban J connectivity index is 1.38. The molecule has 1 fully saturated rings. The summed E-state index contributed by atoms with van der Waals surface area (Å²) in [6.45, 7) is 4.13. The first-order chi connectivity index (χ1) is 14.2. The predicted molar refractivity (Wildman–Crippen MR) is 112 cm³/mol. The number of anilines is 3. The van der Waals surface area contributed by atoms with Crippen LogP contribution in [0.2, 0.25) is 0 Å². The monoisotopic (exact) mass is 389 g/mol. The molecule has 5 rings (SSSR count). The van der Waals surface area contributed by atoms with Crippen LogP contribution in [0.5, 0.6) is 0 Å². The molecule has 1 aliphatic heterocycles. The average Bonchev–Trinajstić information content (AvgIpc) is 3.36. The molecule has 9 heteroatoms. The van der Waals surface area contributed by atoms with Gasteiger partial charge in [0, 0.05) is 57.4 Å². The Morgan fingerprint density at radius 1 is 0.931 bits per heavy atom. The number of rotatable bonds is 4. The second kappa shape index (κ2) is 7.17. The van der Waals surface area contributed by atoms with Gasteiger partial charge in [-0.25, -0.2) is 15.0 Å². The molecule has 148 valence electrons. The van der Waals surface area contributed by atoms with Crippen LogP contribution in [0.25, 0.3) is 16.9 Å². The van der Waals surface area contributed by atoms with Crippen molar-refractivity contribution < 1.29 is 0 Å². The molecule has 0 saturated carbocycles. The molecule has 0 amide bonds. The number of aromatic nitrogens is 6. The van der Waals surface area contributed by atoms with Crippen LogP contribution in [0.1, 0.15) is 0 Å². The Morgan fingerprint density at radius 3 is 2.52 bits per heavy atom. The van der Waals surface area contributed by atoms with Crippen molar-refractivity contribution in [1.82, 2.24) is 34.0 Å². The number of hydrogen-bond donors (Lipinski definition) is 1. The Hall–Kier alpha value is -3.46. The van der Waals surface area contributed by atoms with Gasteiger partial charge in [-0.15, -0.1) is 0 Å². The third-order valence-corrected chi connectivity index (χ3v) is 5.27. The van der Waals surface area contributed by atoms with E-state index in [2.05, 4.69) is 48.3 Å². The lowest BCUT2D eigenvalue weighted by Gasteiger charge is -2.33. The van der Waals surface area contributed by atoms with Gasteiger partial charge in [0.05, 0.1) is 30.0 Å². The van der Waals surface area contributed by atoms with Crippen molar-refractivity contribution in [2.24, 2.45) is 7.05 Å². The van der Waals surface area contributed by atoms with E-state index in [1.165, 1.54) is 0 Å². The second-order valence-electron chi connectivity index (χ2n) is 7.34. The summed E-state index contributed by atoms with van der Waals surface area (Å²) in [5.74, 6) is 1.70. The highest BCUT2D eigenvalue weighted by molar-refractivity contribution is 5.73. The molecule has 1 aliphatic rings. The van der Waals surface area contributed by atoms with Gasteiger partial charge in [-0.2, -0.15) is 5.10 Å². The Kier molecular flexibility index (Phi) is 4.36. The summed E-state index contributed by atoms with van der Waals surface area (Å²) in [6, 6.07) is 4.09. The van der Waals surface area contributed by atoms with E-state index >= 15 is 0 Å². The van der Waals surface area contributed by atoms with Crippen LogP contribution < -0.4 is 10.2 Å². The summed E-state index contributed by atoms with van der Waals surface area (Å²) in [5.41, 5.74) is 3.63. The predicted octanol–water partition coefficient (Wildman–Crippen LogP) is 2.02. The van der Waals surface area contributed by atoms with E-state index < -0.39 is 0 Å². The number of pyridine rings is 1. The third-order valence-electron chi connectivity index (χ3n) is 5.27. The molecule has 0 atom stereocenters. The number of nitrogens with zero attached hydrogens (tertiary/aromatic N) is 8. The number of likely N-dealkylation sites (N-methyl/N-ethyl adjacent to an activating group) is 1. The molecule has 1 N–H and O–H groups in total. The molecule has 5 heterocycles. The highest BCUT2D eigenvalue weighted by Gasteiger charge is 2.15. The van der Waals surface area contributed by atoms with E-state index in [1.54, 1.807) is 10.9 Å². The van der Waals surface area contributed by atoms with E-state index in [0.29, 0.717) is 5.82 Å². The molecule has 4 aromatic heterocycles. The molecule has 0 unspecified atom stereocenters.